The number of hydrogen-bond donors (Lipinski definition) is 0. The van der Waals surface area contributed by atoms with Gasteiger partial charge in [-0.15, -0.1) is 11.3 Å². The highest BCUT2D eigenvalue weighted by molar-refractivity contribution is 7.10. The van der Waals surface area contributed by atoms with E-state index in [2.05, 4.69) is 13.8 Å². The molecular weight excluding hydrogens is 308 g/mol. The molecule has 23 heavy (non-hydrogen) atoms. The van der Waals surface area contributed by atoms with Crippen LogP contribution in [0.2, 0.25) is 0 Å². The second-order valence-corrected chi connectivity index (χ2v) is 8.10. The van der Waals surface area contributed by atoms with Gasteiger partial charge in [-0.05, 0) is 37.2 Å². The Morgan fingerprint density at radius 1 is 1.35 bits per heavy atom. The summed E-state index contributed by atoms with van der Waals surface area (Å²) in [4.78, 5) is 30.0. The Morgan fingerprint density at radius 3 is 2.83 bits per heavy atom. The van der Waals surface area contributed by atoms with E-state index in [1.165, 1.54) is 4.88 Å². The van der Waals surface area contributed by atoms with Crippen LogP contribution in [0.4, 0.5) is 0 Å². The van der Waals surface area contributed by atoms with Gasteiger partial charge in [0.1, 0.15) is 0 Å². The predicted octanol–water partition coefficient (Wildman–Crippen LogP) is 3.34. The molecule has 4 nitrogen and oxygen atoms in total. The van der Waals surface area contributed by atoms with Gasteiger partial charge in [-0.25, -0.2) is 0 Å². The summed E-state index contributed by atoms with van der Waals surface area (Å²) in [6.45, 7) is 5.85. The predicted molar refractivity (Wildman–Crippen MR) is 92.8 cm³/mol. The first-order valence-electron chi connectivity index (χ1n) is 8.60. The maximum absolute atomic E-state index is 12.8. The van der Waals surface area contributed by atoms with Crippen LogP contribution in [-0.4, -0.2) is 47.8 Å². The maximum atomic E-state index is 12.8. The van der Waals surface area contributed by atoms with Crippen molar-refractivity contribution in [1.29, 1.82) is 0 Å². The molecule has 2 saturated heterocycles. The molecule has 0 saturated carbocycles. The van der Waals surface area contributed by atoms with Gasteiger partial charge in [0.05, 0.1) is 5.56 Å². The smallest absolute Gasteiger partial charge is 0.254 e. The molecule has 2 fully saturated rings. The van der Waals surface area contributed by atoms with Gasteiger partial charge in [-0.1, -0.05) is 13.8 Å². The molecule has 1 aromatic rings. The van der Waals surface area contributed by atoms with E-state index in [1.54, 1.807) is 11.3 Å². The molecule has 2 aliphatic rings. The van der Waals surface area contributed by atoms with Crippen LogP contribution in [-0.2, 0) is 4.79 Å². The quantitative estimate of drug-likeness (QED) is 0.832. The van der Waals surface area contributed by atoms with Crippen molar-refractivity contribution in [1.82, 2.24) is 9.80 Å². The Kier molecular flexibility index (Phi) is 4.76. The Bertz CT molecular complexity index is 596. The summed E-state index contributed by atoms with van der Waals surface area (Å²) in [6.07, 6.45) is 3.55. The number of thiophene rings is 1. The van der Waals surface area contributed by atoms with E-state index in [0.29, 0.717) is 24.3 Å². The van der Waals surface area contributed by atoms with Crippen LogP contribution in [0.5, 0.6) is 0 Å². The van der Waals surface area contributed by atoms with Gasteiger partial charge in [-0.3, -0.25) is 9.59 Å². The van der Waals surface area contributed by atoms with Crippen LogP contribution >= 0.6 is 11.3 Å². The molecule has 2 amide bonds. The van der Waals surface area contributed by atoms with Crippen LogP contribution in [0, 0.1) is 5.92 Å². The fourth-order valence-electron chi connectivity index (χ4n) is 3.82. The Labute approximate surface area is 142 Å². The molecule has 3 heterocycles. The second kappa shape index (κ2) is 6.63. The number of fused-ring (bicyclic) bond motifs is 1. The monoisotopic (exact) mass is 334 g/mol. The van der Waals surface area contributed by atoms with Crippen molar-refractivity contribution in [3.63, 3.8) is 0 Å². The molecule has 5 heteroatoms. The first kappa shape index (κ1) is 16.5. The van der Waals surface area contributed by atoms with Gasteiger partial charge in [0, 0.05) is 42.9 Å². The SMILES string of the molecule is CC(C)c1cc(C(=O)N2CC[C@@H]3[C@@H](CCCC(=O)N3C)C2)cs1. The van der Waals surface area contributed by atoms with Crippen molar-refractivity contribution in [2.24, 2.45) is 5.92 Å². The van der Waals surface area contributed by atoms with Crippen molar-refractivity contribution >= 4 is 23.2 Å². The van der Waals surface area contributed by atoms with Crippen molar-refractivity contribution in [2.75, 3.05) is 20.1 Å². The van der Waals surface area contributed by atoms with Gasteiger partial charge in [-0.2, -0.15) is 0 Å². The van der Waals surface area contributed by atoms with Gasteiger partial charge in [0.15, 0.2) is 0 Å². The normalized spacial score (nSPS) is 25.5. The molecule has 0 aliphatic carbocycles. The lowest BCUT2D eigenvalue weighted by atomic mass is 9.88. The summed E-state index contributed by atoms with van der Waals surface area (Å²) in [5, 5.41) is 1.99. The molecule has 0 bridgehead atoms. The fraction of sp³-hybridized carbons (Fsp3) is 0.667. The molecule has 0 unspecified atom stereocenters. The summed E-state index contributed by atoms with van der Waals surface area (Å²) in [7, 11) is 1.93. The number of hydrogen-bond acceptors (Lipinski definition) is 3. The molecule has 126 valence electrons. The number of amides is 2. The van der Waals surface area contributed by atoms with Gasteiger partial charge in [0.2, 0.25) is 5.91 Å². The zero-order valence-corrected chi connectivity index (χ0v) is 15.1. The van der Waals surface area contributed by atoms with E-state index in [1.807, 2.05) is 28.3 Å². The minimum Gasteiger partial charge on any atom is -0.342 e. The lowest BCUT2D eigenvalue weighted by Crippen LogP contribution is -2.51. The number of nitrogens with zero attached hydrogens (tertiary/aromatic N) is 2. The van der Waals surface area contributed by atoms with Gasteiger partial charge >= 0.3 is 0 Å². The molecule has 0 spiro atoms. The summed E-state index contributed by atoms with van der Waals surface area (Å²) < 4.78 is 0. The Morgan fingerprint density at radius 2 is 2.13 bits per heavy atom. The van der Waals surface area contributed by atoms with Crippen LogP contribution < -0.4 is 0 Å². The van der Waals surface area contributed by atoms with E-state index in [9.17, 15) is 9.59 Å². The Hall–Kier alpha value is -1.36. The molecule has 1 aromatic heterocycles. The summed E-state index contributed by atoms with van der Waals surface area (Å²) in [6, 6.07) is 2.36. The topological polar surface area (TPSA) is 40.6 Å². The zero-order valence-electron chi connectivity index (χ0n) is 14.2. The van der Waals surface area contributed by atoms with E-state index in [4.69, 9.17) is 0 Å². The molecule has 0 aromatic carbocycles. The molecule has 0 radical (unpaired) electrons. The zero-order chi connectivity index (χ0) is 16.6. The van der Waals surface area contributed by atoms with E-state index in [-0.39, 0.29) is 11.8 Å². The standard InChI is InChI=1S/C18H26N2O2S/c1-12(2)16-9-14(11-23-16)18(22)20-8-7-15-13(10-20)5-4-6-17(21)19(15)3/h9,11-13,15H,4-8,10H2,1-3H3/t13-,15+/m0/s1. The van der Waals surface area contributed by atoms with Crippen molar-refractivity contribution in [3.05, 3.63) is 21.9 Å². The number of carbonyl (C=O) groups is 2. The average molecular weight is 334 g/mol. The lowest BCUT2D eigenvalue weighted by Gasteiger charge is -2.41. The summed E-state index contributed by atoms with van der Waals surface area (Å²) in [5.41, 5.74) is 0.829. The third kappa shape index (κ3) is 3.30. The summed E-state index contributed by atoms with van der Waals surface area (Å²) >= 11 is 1.68. The van der Waals surface area contributed by atoms with Crippen molar-refractivity contribution in [3.8, 4) is 0 Å². The van der Waals surface area contributed by atoms with E-state index >= 15 is 0 Å². The van der Waals surface area contributed by atoms with Crippen LogP contribution in [0.25, 0.3) is 0 Å². The number of carbonyl (C=O) groups excluding carboxylic acids is 2. The third-order valence-electron chi connectivity index (χ3n) is 5.27. The minimum absolute atomic E-state index is 0.157. The molecular formula is C18H26N2O2S. The highest BCUT2D eigenvalue weighted by Crippen LogP contribution is 2.31. The third-order valence-corrected chi connectivity index (χ3v) is 6.51. The number of likely N-dealkylation sites (tertiary alicyclic amines) is 2. The molecule has 3 rings (SSSR count). The molecule has 0 N–H and O–H groups in total. The fourth-order valence-corrected chi connectivity index (χ4v) is 4.72. The Balaban J connectivity index is 1.70. The lowest BCUT2D eigenvalue weighted by molar-refractivity contribution is -0.132. The molecule has 2 aliphatic heterocycles. The average Bonchev–Trinajstić information content (AvgIpc) is 2.98. The van der Waals surface area contributed by atoms with Crippen LogP contribution in [0.3, 0.4) is 0 Å². The van der Waals surface area contributed by atoms with E-state index < -0.39 is 0 Å². The van der Waals surface area contributed by atoms with Crippen molar-refractivity contribution < 1.29 is 9.59 Å². The van der Waals surface area contributed by atoms with Gasteiger partial charge < -0.3 is 9.80 Å². The van der Waals surface area contributed by atoms with Crippen LogP contribution in [0.15, 0.2) is 11.4 Å². The van der Waals surface area contributed by atoms with Crippen LogP contribution in [0.1, 0.15) is 60.7 Å². The highest BCUT2D eigenvalue weighted by atomic mass is 32.1. The maximum Gasteiger partial charge on any atom is 0.254 e. The minimum atomic E-state index is 0.157. The largest absolute Gasteiger partial charge is 0.342 e. The first-order chi connectivity index (χ1) is 11.0. The van der Waals surface area contributed by atoms with E-state index in [0.717, 1.165) is 37.9 Å². The molecule has 2 atom stereocenters. The number of piperidine rings is 1. The van der Waals surface area contributed by atoms with Crippen molar-refractivity contribution in [2.45, 2.75) is 51.5 Å². The van der Waals surface area contributed by atoms with Gasteiger partial charge in [0.25, 0.3) is 5.91 Å². The second-order valence-electron chi connectivity index (χ2n) is 7.16. The summed E-state index contributed by atoms with van der Waals surface area (Å²) in [5.74, 6) is 1.31. The number of rotatable bonds is 2. The highest BCUT2D eigenvalue weighted by Gasteiger charge is 2.37. The first-order valence-corrected chi connectivity index (χ1v) is 9.48.